The average Bonchev–Trinajstić information content (AvgIpc) is 2.97. The minimum Gasteiger partial charge on any atom is -0.444 e. The third-order valence-electron chi connectivity index (χ3n) is 3.83. The first kappa shape index (κ1) is 14.9. The van der Waals surface area contributed by atoms with Gasteiger partial charge in [-0.2, -0.15) is 0 Å². The van der Waals surface area contributed by atoms with Gasteiger partial charge in [0.25, 0.3) is 0 Å². The number of halogens is 1. The van der Waals surface area contributed by atoms with Crippen LogP contribution in [-0.4, -0.2) is 46.8 Å². The van der Waals surface area contributed by atoms with Crippen LogP contribution in [0.3, 0.4) is 0 Å². The number of hydrogen-bond acceptors (Lipinski definition) is 5. The van der Waals surface area contributed by atoms with Crippen molar-refractivity contribution >= 4 is 34.2 Å². The summed E-state index contributed by atoms with van der Waals surface area (Å²) in [6.07, 6.45) is 3.54. The fraction of sp³-hybridized carbons (Fsp3) is 0.714. The molecule has 1 amide bonds. The van der Waals surface area contributed by atoms with Crippen molar-refractivity contribution in [2.24, 2.45) is 0 Å². The molecule has 0 bridgehead atoms. The first-order chi connectivity index (χ1) is 9.79. The van der Waals surface area contributed by atoms with E-state index in [1.807, 2.05) is 25.7 Å². The number of amides is 1. The van der Waals surface area contributed by atoms with Gasteiger partial charge in [-0.25, -0.2) is 9.78 Å². The number of hydrogen-bond donors (Lipinski definition) is 0. The van der Waals surface area contributed by atoms with Crippen LogP contribution in [0.1, 0.15) is 33.6 Å². The van der Waals surface area contributed by atoms with E-state index in [1.54, 1.807) is 6.20 Å². The highest BCUT2D eigenvalue weighted by molar-refractivity contribution is 7.19. The number of piperazine rings is 1. The fourth-order valence-corrected chi connectivity index (χ4v) is 3.63. The Morgan fingerprint density at radius 1 is 1.43 bits per heavy atom. The highest BCUT2D eigenvalue weighted by atomic mass is 35.5. The Balaban J connectivity index is 1.70. The molecule has 0 aromatic carbocycles. The number of thiazole rings is 1. The van der Waals surface area contributed by atoms with E-state index in [2.05, 4.69) is 9.88 Å². The van der Waals surface area contributed by atoms with Crippen molar-refractivity contribution < 1.29 is 9.53 Å². The number of aromatic nitrogens is 1. The van der Waals surface area contributed by atoms with E-state index in [0.717, 1.165) is 31.1 Å². The number of anilines is 1. The maximum atomic E-state index is 12.4. The molecule has 0 N–H and O–H groups in total. The van der Waals surface area contributed by atoms with Gasteiger partial charge in [-0.05, 0) is 33.6 Å². The highest BCUT2D eigenvalue weighted by Gasteiger charge is 2.54. The summed E-state index contributed by atoms with van der Waals surface area (Å²) >= 11 is 7.45. The van der Waals surface area contributed by atoms with Crippen LogP contribution in [0.2, 0.25) is 4.34 Å². The quantitative estimate of drug-likeness (QED) is 0.792. The lowest BCUT2D eigenvalue weighted by Crippen LogP contribution is -2.58. The van der Waals surface area contributed by atoms with E-state index in [-0.39, 0.29) is 11.6 Å². The van der Waals surface area contributed by atoms with E-state index in [9.17, 15) is 4.79 Å². The van der Waals surface area contributed by atoms with E-state index < -0.39 is 5.60 Å². The van der Waals surface area contributed by atoms with Crippen LogP contribution < -0.4 is 4.90 Å². The molecule has 116 valence electrons. The van der Waals surface area contributed by atoms with E-state index in [4.69, 9.17) is 16.3 Å². The van der Waals surface area contributed by atoms with Gasteiger partial charge in [0, 0.05) is 19.6 Å². The summed E-state index contributed by atoms with van der Waals surface area (Å²) in [7, 11) is 0. The van der Waals surface area contributed by atoms with Crippen molar-refractivity contribution in [1.29, 1.82) is 0 Å². The van der Waals surface area contributed by atoms with Crippen LogP contribution in [-0.2, 0) is 4.74 Å². The summed E-state index contributed by atoms with van der Waals surface area (Å²) in [5.74, 6) is 0. The van der Waals surface area contributed by atoms with Crippen LogP contribution in [0.5, 0.6) is 0 Å². The Kier molecular flexibility index (Phi) is 3.56. The smallest absolute Gasteiger partial charge is 0.410 e. The molecule has 1 aromatic rings. The van der Waals surface area contributed by atoms with Crippen molar-refractivity contribution in [3.05, 3.63) is 10.5 Å². The molecule has 1 aliphatic carbocycles. The summed E-state index contributed by atoms with van der Waals surface area (Å²) in [6, 6.07) is 0. The predicted molar refractivity (Wildman–Crippen MR) is 84.2 cm³/mol. The second kappa shape index (κ2) is 5.02. The summed E-state index contributed by atoms with van der Waals surface area (Å²) in [5.41, 5.74) is -0.522. The van der Waals surface area contributed by atoms with Crippen molar-refractivity contribution in [3.8, 4) is 0 Å². The second-order valence-electron chi connectivity index (χ2n) is 6.72. The van der Waals surface area contributed by atoms with Crippen molar-refractivity contribution in [1.82, 2.24) is 9.88 Å². The van der Waals surface area contributed by atoms with Gasteiger partial charge in [-0.15, -0.1) is 0 Å². The lowest BCUT2D eigenvalue weighted by atomic mass is 10.1. The lowest BCUT2D eigenvalue weighted by molar-refractivity contribution is 0.0106. The molecule has 3 rings (SSSR count). The summed E-state index contributed by atoms with van der Waals surface area (Å²) < 4.78 is 6.23. The Labute approximate surface area is 133 Å². The maximum Gasteiger partial charge on any atom is 0.410 e. The van der Waals surface area contributed by atoms with E-state index >= 15 is 0 Å². The molecule has 0 unspecified atom stereocenters. The molecule has 2 heterocycles. The largest absolute Gasteiger partial charge is 0.444 e. The minimum atomic E-state index is -0.451. The fourth-order valence-electron chi connectivity index (χ4n) is 2.71. The molecule has 0 radical (unpaired) electrons. The third kappa shape index (κ3) is 3.11. The maximum absolute atomic E-state index is 12.4. The number of nitrogens with zero attached hydrogens (tertiary/aromatic N) is 3. The topological polar surface area (TPSA) is 45.7 Å². The van der Waals surface area contributed by atoms with Gasteiger partial charge in [-0.1, -0.05) is 22.9 Å². The number of carbonyl (C=O) groups excluding carboxylic acids is 1. The zero-order chi connectivity index (χ0) is 15.3. The van der Waals surface area contributed by atoms with E-state index in [1.165, 1.54) is 11.3 Å². The van der Waals surface area contributed by atoms with Crippen LogP contribution in [0.4, 0.5) is 9.93 Å². The monoisotopic (exact) mass is 329 g/mol. The molecular formula is C14H20ClN3O2S. The standard InChI is InChI=1S/C14H20ClN3O2S/c1-13(2,3)20-12(19)18-7-6-17(9-14(18)4-5-14)11-16-8-10(15)21-11/h8H,4-7,9H2,1-3H3. The van der Waals surface area contributed by atoms with Crippen LogP contribution in [0, 0.1) is 0 Å². The zero-order valence-electron chi connectivity index (χ0n) is 12.6. The molecule has 2 aliphatic rings. The first-order valence-electron chi connectivity index (χ1n) is 7.16. The zero-order valence-corrected chi connectivity index (χ0v) is 14.1. The SMILES string of the molecule is CC(C)(C)OC(=O)N1CCN(c2ncc(Cl)s2)CC12CC2. The summed E-state index contributed by atoms with van der Waals surface area (Å²) in [5, 5.41) is 0.940. The van der Waals surface area contributed by atoms with Crippen molar-refractivity contribution in [2.45, 2.75) is 44.8 Å². The van der Waals surface area contributed by atoms with Crippen LogP contribution in [0.25, 0.3) is 0 Å². The van der Waals surface area contributed by atoms with Crippen molar-refractivity contribution in [3.63, 3.8) is 0 Å². The molecule has 1 spiro atoms. The summed E-state index contributed by atoms with van der Waals surface area (Å²) in [4.78, 5) is 20.8. The molecular weight excluding hydrogens is 310 g/mol. The molecule has 5 nitrogen and oxygen atoms in total. The molecule has 1 aromatic heterocycles. The van der Waals surface area contributed by atoms with Gasteiger partial charge in [0.05, 0.1) is 11.7 Å². The Hall–Kier alpha value is -1.01. The molecule has 1 aliphatic heterocycles. The average molecular weight is 330 g/mol. The van der Waals surface area contributed by atoms with Gasteiger partial charge in [0.15, 0.2) is 5.13 Å². The Morgan fingerprint density at radius 2 is 2.14 bits per heavy atom. The third-order valence-corrected chi connectivity index (χ3v) is 5.00. The van der Waals surface area contributed by atoms with Gasteiger partial charge in [-0.3, -0.25) is 4.90 Å². The minimum absolute atomic E-state index is 0.0707. The molecule has 21 heavy (non-hydrogen) atoms. The number of ether oxygens (including phenoxy) is 1. The second-order valence-corrected chi connectivity index (χ2v) is 8.37. The van der Waals surface area contributed by atoms with Gasteiger partial charge < -0.3 is 9.64 Å². The van der Waals surface area contributed by atoms with Gasteiger partial charge in [0.1, 0.15) is 9.94 Å². The van der Waals surface area contributed by atoms with E-state index in [0.29, 0.717) is 10.9 Å². The predicted octanol–water partition coefficient (Wildman–Crippen LogP) is 3.39. The molecule has 2 fully saturated rings. The van der Waals surface area contributed by atoms with Gasteiger partial charge in [0.2, 0.25) is 0 Å². The van der Waals surface area contributed by atoms with Crippen LogP contribution >= 0.6 is 22.9 Å². The molecule has 1 saturated carbocycles. The van der Waals surface area contributed by atoms with Gasteiger partial charge >= 0.3 is 6.09 Å². The lowest BCUT2D eigenvalue weighted by Gasteiger charge is -2.42. The normalized spacial score (nSPS) is 20.8. The highest BCUT2D eigenvalue weighted by Crippen LogP contribution is 2.46. The molecule has 1 saturated heterocycles. The first-order valence-corrected chi connectivity index (χ1v) is 8.35. The van der Waals surface area contributed by atoms with Crippen LogP contribution in [0.15, 0.2) is 6.20 Å². The Morgan fingerprint density at radius 3 is 2.67 bits per heavy atom. The molecule has 7 heteroatoms. The van der Waals surface area contributed by atoms with Crippen molar-refractivity contribution in [2.75, 3.05) is 24.5 Å². The summed E-state index contributed by atoms with van der Waals surface area (Å²) in [6.45, 7) is 7.96. The number of rotatable bonds is 1. The number of carbonyl (C=O) groups is 1. The molecule has 0 atom stereocenters. The Bertz CT molecular complexity index is 551.